The molecule has 208 valence electrons. The highest BCUT2D eigenvalue weighted by Gasteiger charge is 2.17. The van der Waals surface area contributed by atoms with Gasteiger partial charge in [-0.15, -0.1) is 11.8 Å². The third kappa shape index (κ3) is 8.62. The van der Waals surface area contributed by atoms with Crippen LogP contribution >= 0.6 is 35.0 Å². The van der Waals surface area contributed by atoms with Crippen molar-refractivity contribution in [3.8, 4) is 5.75 Å². The molecule has 4 rings (SSSR count). The number of hydrogen-bond acceptors (Lipinski definition) is 5. The average Bonchev–Trinajstić information content (AvgIpc) is 2.98. The van der Waals surface area contributed by atoms with Crippen molar-refractivity contribution in [1.82, 2.24) is 5.32 Å². The summed E-state index contributed by atoms with van der Waals surface area (Å²) in [6, 6.07) is 27.6. The molecule has 0 saturated carbocycles. The normalized spacial score (nSPS) is 11.0. The molecule has 3 amide bonds. The number of rotatable bonds is 10. The zero-order chi connectivity index (χ0) is 29.2. The molecule has 0 fully saturated rings. The molecule has 10 heteroatoms. The number of carbonyl (C=O) groups excluding carboxylic acids is 3. The highest BCUT2D eigenvalue weighted by Crippen LogP contribution is 2.27. The molecular weight excluding hydrogens is 581 g/mol. The smallest absolute Gasteiger partial charge is 0.272 e. The largest absolute Gasteiger partial charge is 0.497 e. The lowest BCUT2D eigenvalue weighted by Crippen LogP contribution is -2.30. The van der Waals surface area contributed by atoms with E-state index in [1.807, 2.05) is 0 Å². The van der Waals surface area contributed by atoms with Gasteiger partial charge in [0.1, 0.15) is 11.4 Å². The van der Waals surface area contributed by atoms with E-state index in [9.17, 15) is 14.4 Å². The second kappa shape index (κ2) is 14.4. The van der Waals surface area contributed by atoms with Crippen molar-refractivity contribution in [2.24, 2.45) is 0 Å². The van der Waals surface area contributed by atoms with Gasteiger partial charge in [0.15, 0.2) is 0 Å². The summed E-state index contributed by atoms with van der Waals surface area (Å²) >= 11 is 14.0. The molecular formula is C31H25Cl2N3O4S. The monoisotopic (exact) mass is 605 g/mol. The maximum Gasteiger partial charge on any atom is 0.272 e. The Labute approximate surface area is 251 Å². The Bertz CT molecular complexity index is 1560. The summed E-state index contributed by atoms with van der Waals surface area (Å²) in [6.07, 6.45) is 1.44. The van der Waals surface area contributed by atoms with Gasteiger partial charge in [-0.05, 0) is 66.7 Å². The van der Waals surface area contributed by atoms with E-state index in [1.54, 1.807) is 104 Å². The molecule has 0 bridgehead atoms. The van der Waals surface area contributed by atoms with Crippen molar-refractivity contribution in [3.63, 3.8) is 0 Å². The third-order valence-electron chi connectivity index (χ3n) is 5.65. The predicted octanol–water partition coefficient (Wildman–Crippen LogP) is 7.14. The fourth-order valence-electron chi connectivity index (χ4n) is 3.62. The summed E-state index contributed by atoms with van der Waals surface area (Å²) in [7, 11) is 1.56. The second-order valence-electron chi connectivity index (χ2n) is 8.56. The number of amides is 3. The van der Waals surface area contributed by atoms with E-state index in [2.05, 4.69) is 16.0 Å². The Morgan fingerprint density at radius 1 is 0.805 bits per heavy atom. The van der Waals surface area contributed by atoms with Gasteiger partial charge in [0.2, 0.25) is 5.91 Å². The van der Waals surface area contributed by atoms with E-state index in [1.165, 1.54) is 17.8 Å². The van der Waals surface area contributed by atoms with Gasteiger partial charge >= 0.3 is 0 Å². The number of benzene rings is 4. The Morgan fingerprint density at radius 2 is 1.49 bits per heavy atom. The van der Waals surface area contributed by atoms with E-state index in [-0.39, 0.29) is 17.4 Å². The minimum absolute atomic E-state index is 0.0403. The molecule has 4 aromatic rings. The third-order valence-corrected chi connectivity index (χ3v) is 7.32. The van der Waals surface area contributed by atoms with Crippen LogP contribution in [0.2, 0.25) is 10.0 Å². The first kappa shape index (κ1) is 29.7. The van der Waals surface area contributed by atoms with Crippen molar-refractivity contribution in [1.29, 1.82) is 0 Å². The van der Waals surface area contributed by atoms with Crippen LogP contribution in [0, 0.1) is 0 Å². The van der Waals surface area contributed by atoms with Gasteiger partial charge < -0.3 is 20.7 Å². The van der Waals surface area contributed by atoms with Gasteiger partial charge in [-0.1, -0.05) is 53.5 Å². The van der Waals surface area contributed by atoms with E-state index in [0.717, 1.165) is 4.90 Å². The van der Waals surface area contributed by atoms with Crippen molar-refractivity contribution in [3.05, 3.63) is 124 Å². The van der Waals surface area contributed by atoms with Crippen molar-refractivity contribution >= 4 is 70.1 Å². The number of hydrogen-bond donors (Lipinski definition) is 3. The molecule has 41 heavy (non-hydrogen) atoms. The molecule has 0 spiro atoms. The fraction of sp³-hybridized carbons (Fsp3) is 0.0645. The first-order chi connectivity index (χ1) is 19.8. The molecule has 0 aliphatic heterocycles. The molecule has 0 saturated heterocycles. The molecule has 0 aliphatic carbocycles. The van der Waals surface area contributed by atoms with E-state index >= 15 is 0 Å². The molecule has 0 aliphatic rings. The van der Waals surface area contributed by atoms with Crippen LogP contribution in [0.1, 0.15) is 15.9 Å². The highest BCUT2D eigenvalue weighted by molar-refractivity contribution is 8.00. The SMILES string of the molecule is COc1cccc(NC(=O)CSc2ccc(NC(=O)/C(=C/c3c(Cl)cccc3Cl)NC(=O)c3ccccc3)cc2)c1. The molecule has 0 unspecified atom stereocenters. The van der Waals surface area contributed by atoms with Crippen molar-refractivity contribution in [2.75, 3.05) is 23.5 Å². The minimum Gasteiger partial charge on any atom is -0.497 e. The van der Waals surface area contributed by atoms with E-state index in [0.29, 0.717) is 38.3 Å². The Balaban J connectivity index is 1.43. The van der Waals surface area contributed by atoms with Gasteiger partial charge in [-0.3, -0.25) is 14.4 Å². The predicted molar refractivity (Wildman–Crippen MR) is 166 cm³/mol. The summed E-state index contributed by atoms with van der Waals surface area (Å²) in [5, 5.41) is 8.94. The van der Waals surface area contributed by atoms with Crippen molar-refractivity contribution < 1.29 is 19.1 Å². The lowest BCUT2D eigenvalue weighted by Gasteiger charge is -2.13. The van der Waals surface area contributed by atoms with Gasteiger partial charge in [-0.25, -0.2) is 0 Å². The standard InChI is InChI=1S/C31H25Cl2N3O4S/c1-40-23-10-5-9-22(17-23)34-29(37)19-41-24-15-13-21(14-16-24)35-31(39)28(18-25-26(32)11-6-12-27(25)33)36-30(38)20-7-3-2-4-8-20/h2-18H,19H2,1H3,(H,34,37)(H,35,39)(H,36,38)/b28-18-. The maximum absolute atomic E-state index is 13.3. The van der Waals surface area contributed by atoms with Gasteiger partial charge in [-0.2, -0.15) is 0 Å². The molecule has 0 radical (unpaired) electrons. The lowest BCUT2D eigenvalue weighted by molar-refractivity contribution is -0.114. The molecule has 4 aromatic carbocycles. The van der Waals surface area contributed by atoms with Crippen LogP contribution in [0.4, 0.5) is 11.4 Å². The Morgan fingerprint density at radius 3 is 2.17 bits per heavy atom. The molecule has 7 nitrogen and oxygen atoms in total. The van der Waals surface area contributed by atoms with Crippen LogP contribution in [0.25, 0.3) is 6.08 Å². The summed E-state index contributed by atoms with van der Waals surface area (Å²) in [5.74, 6) is -0.346. The van der Waals surface area contributed by atoms with Crippen LogP contribution in [-0.4, -0.2) is 30.6 Å². The van der Waals surface area contributed by atoms with Crippen LogP contribution in [0.5, 0.6) is 5.75 Å². The topological polar surface area (TPSA) is 96.5 Å². The quantitative estimate of drug-likeness (QED) is 0.132. The van der Waals surface area contributed by atoms with Crippen molar-refractivity contribution in [2.45, 2.75) is 4.90 Å². The molecule has 0 heterocycles. The number of nitrogens with one attached hydrogen (secondary N) is 3. The van der Waals surface area contributed by atoms with Gasteiger partial charge in [0, 0.05) is 43.5 Å². The number of anilines is 2. The van der Waals surface area contributed by atoms with E-state index < -0.39 is 11.8 Å². The average molecular weight is 607 g/mol. The zero-order valence-corrected chi connectivity index (χ0v) is 24.1. The molecule has 0 atom stereocenters. The Hall–Kier alpha value is -4.24. The van der Waals surface area contributed by atoms with Gasteiger partial charge in [0.05, 0.1) is 12.9 Å². The molecule has 3 N–H and O–H groups in total. The number of halogens is 2. The second-order valence-corrected chi connectivity index (χ2v) is 10.4. The number of carbonyl (C=O) groups is 3. The molecule has 0 aromatic heterocycles. The summed E-state index contributed by atoms with van der Waals surface area (Å²) in [4.78, 5) is 39.3. The fourth-order valence-corrected chi connectivity index (χ4v) is 4.82. The number of methoxy groups -OCH3 is 1. The minimum atomic E-state index is -0.566. The van der Waals surface area contributed by atoms with Gasteiger partial charge in [0.25, 0.3) is 11.8 Å². The lowest BCUT2D eigenvalue weighted by atomic mass is 10.1. The maximum atomic E-state index is 13.3. The number of thioether (sulfide) groups is 1. The zero-order valence-electron chi connectivity index (χ0n) is 21.8. The number of ether oxygens (including phenoxy) is 1. The Kier molecular flexibility index (Phi) is 10.5. The summed E-state index contributed by atoms with van der Waals surface area (Å²) in [5.41, 5.74) is 1.88. The summed E-state index contributed by atoms with van der Waals surface area (Å²) in [6.45, 7) is 0. The van der Waals surface area contributed by atoms with Crippen LogP contribution in [-0.2, 0) is 9.59 Å². The first-order valence-electron chi connectivity index (χ1n) is 12.3. The van der Waals surface area contributed by atoms with Crippen LogP contribution in [0.15, 0.2) is 108 Å². The van der Waals surface area contributed by atoms with E-state index in [4.69, 9.17) is 27.9 Å². The van der Waals surface area contributed by atoms with Crippen LogP contribution < -0.4 is 20.7 Å². The summed E-state index contributed by atoms with van der Waals surface area (Å²) < 4.78 is 5.18. The highest BCUT2D eigenvalue weighted by atomic mass is 35.5. The first-order valence-corrected chi connectivity index (χ1v) is 14.1. The van der Waals surface area contributed by atoms with Crippen LogP contribution in [0.3, 0.4) is 0 Å².